The maximum Gasteiger partial charge on any atom is 0.191 e. The van der Waals surface area contributed by atoms with Crippen molar-refractivity contribution >= 4 is 5.96 Å². The Morgan fingerprint density at radius 3 is 2.86 bits per heavy atom. The van der Waals surface area contributed by atoms with E-state index >= 15 is 0 Å². The van der Waals surface area contributed by atoms with Crippen molar-refractivity contribution in [2.75, 3.05) is 39.5 Å². The second kappa shape index (κ2) is 12.2. The van der Waals surface area contributed by atoms with Crippen LogP contribution in [0.1, 0.15) is 31.7 Å². The third-order valence-electron chi connectivity index (χ3n) is 4.87. The van der Waals surface area contributed by atoms with Gasteiger partial charge in [-0.25, -0.2) is 9.67 Å². The van der Waals surface area contributed by atoms with Crippen LogP contribution in [0, 0.1) is 5.92 Å². The SMILES string of the molecule is CCNC(=NCc1cnn(-c2ccccc2)c1)NCCCOCC1CCOCC1. The number of ether oxygens (including phenoxy) is 2. The van der Waals surface area contributed by atoms with Gasteiger partial charge in [0.05, 0.1) is 18.4 Å². The Hall–Kier alpha value is -2.38. The van der Waals surface area contributed by atoms with Gasteiger partial charge in [0, 0.05) is 51.3 Å². The first kappa shape index (κ1) is 21.3. The predicted octanol–water partition coefficient (Wildman–Crippen LogP) is 2.76. The van der Waals surface area contributed by atoms with Crippen LogP contribution in [-0.4, -0.2) is 55.3 Å². The summed E-state index contributed by atoms with van der Waals surface area (Å²) in [6.45, 7) is 7.70. The van der Waals surface area contributed by atoms with E-state index in [1.54, 1.807) is 0 Å². The Bertz CT molecular complexity index is 726. The zero-order chi connectivity index (χ0) is 20.2. The van der Waals surface area contributed by atoms with Gasteiger partial charge in [0.1, 0.15) is 0 Å². The number of para-hydroxylation sites is 1. The van der Waals surface area contributed by atoms with Crippen LogP contribution in [0.15, 0.2) is 47.7 Å². The van der Waals surface area contributed by atoms with Crippen molar-refractivity contribution in [3.8, 4) is 5.69 Å². The molecule has 158 valence electrons. The summed E-state index contributed by atoms with van der Waals surface area (Å²) in [6.07, 6.45) is 7.09. The number of benzene rings is 1. The van der Waals surface area contributed by atoms with Gasteiger partial charge in [0.25, 0.3) is 0 Å². The molecule has 2 heterocycles. The van der Waals surface area contributed by atoms with Crippen LogP contribution in [0.5, 0.6) is 0 Å². The molecule has 29 heavy (non-hydrogen) atoms. The lowest BCUT2D eigenvalue weighted by Gasteiger charge is -2.21. The highest BCUT2D eigenvalue weighted by molar-refractivity contribution is 5.79. The van der Waals surface area contributed by atoms with Crippen molar-refractivity contribution in [3.05, 3.63) is 48.3 Å². The number of hydrogen-bond acceptors (Lipinski definition) is 4. The lowest BCUT2D eigenvalue weighted by Crippen LogP contribution is -2.38. The fraction of sp³-hybridized carbons (Fsp3) is 0.545. The largest absolute Gasteiger partial charge is 0.381 e. The van der Waals surface area contributed by atoms with Crippen molar-refractivity contribution in [3.63, 3.8) is 0 Å². The van der Waals surface area contributed by atoms with Crippen molar-refractivity contribution < 1.29 is 9.47 Å². The molecule has 1 aliphatic heterocycles. The second-order valence-corrected chi connectivity index (χ2v) is 7.23. The topological polar surface area (TPSA) is 72.7 Å². The van der Waals surface area contributed by atoms with Gasteiger partial charge in [-0.3, -0.25) is 0 Å². The summed E-state index contributed by atoms with van der Waals surface area (Å²) in [5.74, 6) is 1.48. The maximum atomic E-state index is 5.82. The highest BCUT2D eigenvalue weighted by Gasteiger charge is 2.13. The quantitative estimate of drug-likeness (QED) is 0.365. The van der Waals surface area contributed by atoms with Crippen LogP contribution in [0.25, 0.3) is 5.69 Å². The fourth-order valence-corrected chi connectivity index (χ4v) is 3.22. The molecule has 2 N–H and O–H groups in total. The number of guanidine groups is 1. The van der Waals surface area contributed by atoms with Gasteiger partial charge in [0.15, 0.2) is 5.96 Å². The molecule has 1 aromatic heterocycles. The smallest absolute Gasteiger partial charge is 0.191 e. The van der Waals surface area contributed by atoms with E-state index in [4.69, 9.17) is 9.47 Å². The molecule has 0 atom stereocenters. The number of hydrogen-bond donors (Lipinski definition) is 2. The van der Waals surface area contributed by atoms with Crippen LogP contribution in [-0.2, 0) is 16.0 Å². The maximum absolute atomic E-state index is 5.82. The van der Waals surface area contributed by atoms with Crippen molar-refractivity contribution in [2.45, 2.75) is 32.7 Å². The van der Waals surface area contributed by atoms with Crippen molar-refractivity contribution in [2.24, 2.45) is 10.9 Å². The predicted molar refractivity (Wildman–Crippen MR) is 115 cm³/mol. The monoisotopic (exact) mass is 399 g/mol. The molecular weight excluding hydrogens is 366 g/mol. The van der Waals surface area contributed by atoms with Crippen LogP contribution < -0.4 is 10.6 Å². The Morgan fingerprint density at radius 1 is 1.24 bits per heavy atom. The van der Waals surface area contributed by atoms with Crippen LogP contribution >= 0.6 is 0 Å². The molecule has 0 spiro atoms. The molecule has 0 aliphatic carbocycles. The van der Waals surface area contributed by atoms with Crippen LogP contribution in [0.3, 0.4) is 0 Å². The third kappa shape index (κ3) is 7.51. The normalized spacial score (nSPS) is 15.4. The van der Waals surface area contributed by atoms with E-state index in [1.165, 1.54) is 0 Å². The Balaban J connectivity index is 1.37. The molecule has 3 rings (SSSR count). The first-order valence-electron chi connectivity index (χ1n) is 10.6. The van der Waals surface area contributed by atoms with Gasteiger partial charge in [-0.2, -0.15) is 5.10 Å². The molecule has 0 saturated carbocycles. The third-order valence-corrected chi connectivity index (χ3v) is 4.87. The molecule has 1 saturated heterocycles. The van der Waals surface area contributed by atoms with Gasteiger partial charge in [-0.05, 0) is 44.2 Å². The second-order valence-electron chi connectivity index (χ2n) is 7.23. The van der Waals surface area contributed by atoms with Gasteiger partial charge in [-0.15, -0.1) is 0 Å². The molecule has 0 radical (unpaired) electrons. The first-order chi connectivity index (χ1) is 14.3. The molecular formula is C22H33N5O2. The van der Waals surface area contributed by atoms with Crippen molar-refractivity contribution in [1.29, 1.82) is 0 Å². The molecule has 7 heteroatoms. The Labute approximate surface area is 173 Å². The van der Waals surface area contributed by atoms with E-state index in [2.05, 4.69) is 27.6 Å². The zero-order valence-electron chi connectivity index (χ0n) is 17.3. The van der Waals surface area contributed by atoms with E-state index in [0.717, 1.165) is 76.0 Å². The summed E-state index contributed by atoms with van der Waals surface area (Å²) in [5, 5.41) is 11.1. The first-order valence-corrected chi connectivity index (χ1v) is 10.6. The van der Waals surface area contributed by atoms with Gasteiger partial charge >= 0.3 is 0 Å². The minimum absolute atomic E-state index is 0.586. The van der Waals surface area contributed by atoms with Crippen molar-refractivity contribution in [1.82, 2.24) is 20.4 Å². The van der Waals surface area contributed by atoms with Gasteiger partial charge in [0.2, 0.25) is 0 Å². The molecule has 0 unspecified atom stereocenters. The number of aliphatic imine (C=N–C) groups is 1. The van der Waals surface area contributed by atoms with E-state index in [-0.39, 0.29) is 0 Å². The Morgan fingerprint density at radius 2 is 2.07 bits per heavy atom. The summed E-state index contributed by atoms with van der Waals surface area (Å²) in [7, 11) is 0. The standard InChI is InChI=1S/C22H33N5O2/c1-2-23-22(24-11-6-12-29-18-19-9-13-28-14-10-19)25-15-20-16-26-27(17-20)21-7-4-3-5-8-21/h3-5,7-8,16-17,19H,2,6,9-15,18H2,1H3,(H2,23,24,25). The molecule has 2 aromatic rings. The van der Waals surface area contributed by atoms with Crippen LogP contribution in [0.2, 0.25) is 0 Å². The number of aromatic nitrogens is 2. The highest BCUT2D eigenvalue weighted by atomic mass is 16.5. The van der Waals surface area contributed by atoms with Crippen LogP contribution in [0.4, 0.5) is 0 Å². The summed E-state index contributed by atoms with van der Waals surface area (Å²) >= 11 is 0. The minimum Gasteiger partial charge on any atom is -0.381 e. The fourth-order valence-electron chi connectivity index (χ4n) is 3.22. The lowest BCUT2D eigenvalue weighted by molar-refractivity contribution is 0.0203. The molecule has 1 aromatic carbocycles. The lowest BCUT2D eigenvalue weighted by atomic mass is 10.0. The number of rotatable bonds is 10. The van der Waals surface area contributed by atoms with E-state index in [0.29, 0.717) is 12.5 Å². The summed E-state index contributed by atoms with van der Waals surface area (Å²) in [4.78, 5) is 4.67. The minimum atomic E-state index is 0.586. The Kier molecular flexibility index (Phi) is 9.00. The van der Waals surface area contributed by atoms with E-state index in [1.807, 2.05) is 47.4 Å². The number of nitrogens with zero attached hydrogens (tertiary/aromatic N) is 3. The molecule has 1 aliphatic rings. The van der Waals surface area contributed by atoms with Gasteiger partial charge in [-0.1, -0.05) is 18.2 Å². The summed E-state index contributed by atoms with van der Waals surface area (Å²) in [6, 6.07) is 10.1. The number of nitrogens with one attached hydrogen (secondary N) is 2. The van der Waals surface area contributed by atoms with E-state index < -0.39 is 0 Å². The average molecular weight is 400 g/mol. The van der Waals surface area contributed by atoms with Gasteiger partial charge < -0.3 is 20.1 Å². The molecule has 0 amide bonds. The average Bonchev–Trinajstić information content (AvgIpc) is 3.25. The molecule has 0 bridgehead atoms. The zero-order valence-corrected chi connectivity index (χ0v) is 17.3. The summed E-state index contributed by atoms with van der Waals surface area (Å²) in [5.41, 5.74) is 2.12. The summed E-state index contributed by atoms with van der Waals surface area (Å²) < 4.78 is 13.1. The van der Waals surface area contributed by atoms with E-state index in [9.17, 15) is 0 Å². The molecule has 7 nitrogen and oxygen atoms in total. The highest BCUT2D eigenvalue weighted by Crippen LogP contribution is 2.14. The molecule has 1 fully saturated rings.